The predicted octanol–water partition coefficient (Wildman–Crippen LogP) is 3.03. The first-order valence-corrected chi connectivity index (χ1v) is 4.33. The smallest absolute Gasteiger partial charge is 0.0397 e. The van der Waals surface area contributed by atoms with Crippen LogP contribution in [0, 0.1) is 11.3 Å². The van der Waals surface area contributed by atoms with Crippen molar-refractivity contribution in [3.05, 3.63) is 11.8 Å². The van der Waals surface area contributed by atoms with E-state index in [9.17, 15) is 0 Å². The van der Waals surface area contributed by atoms with Gasteiger partial charge in [-0.15, -0.1) is 0 Å². The quantitative estimate of drug-likeness (QED) is 0.575. The lowest BCUT2D eigenvalue weighted by molar-refractivity contribution is 0.635. The normalized spacial score (nSPS) is 23.5. The highest BCUT2D eigenvalue weighted by molar-refractivity contribution is 5.72. The Morgan fingerprint density at radius 1 is 1.55 bits per heavy atom. The molecule has 0 N–H and O–H groups in total. The number of allylic oxidation sites excluding steroid dienone is 2. The van der Waals surface area contributed by atoms with Crippen LogP contribution in [0.2, 0.25) is 0 Å². The minimum Gasteiger partial charge on any atom is -0.265 e. The van der Waals surface area contributed by atoms with Gasteiger partial charge in [-0.2, -0.15) is 0 Å². The Hall–Kier alpha value is -0.590. The van der Waals surface area contributed by atoms with E-state index < -0.39 is 0 Å². The first-order valence-electron chi connectivity index (χ1n) is 4.33. The first-order chi connectivity index (χ1) is 5.05. The van der Waals surface area contributed by atoms with Crippen LogP contribution in [-0.4, -0.2) is 6.21 Å². The Labute approximate surface area is 69.2 Å². The molecule has 1 nitrogen and oxygen atoms in total. The van der Waals surface area contributed by atoms with Crippen LogP contribution in [0.3, 0.4) is 0 Å². The number of nitrogens with zero attached hydrogens (tertiary/aromatic N) is 1. The maximum absolute atomic E-state index is 4.40. The summed E-state index contributed by atoms with van der Waals surface area (Å²) in [5.74, 6) is 0.619. The Balaban J connectivity index is 2.72. The molecular weight excluding hydrogens is 134 g/mol. The second-order valence-electron chi connectivity index (χ2n) is 3.96. The van der Waals surface area contributed by atoms with Crippen molar-refractivity contribution in [2.75, 3.05) is 0 Å². The highest BCUT2D eigenvalue weighted by Gasteiger charge is 2.20. The molecule has 1 heterocycles. The van der Waals surface area contributed by atoms with Crippen molar-refractivity contribution in [2.45, 2.75) is 34.1 Å². The summed E-state index contributed by atoms with van der Waals surface area (Å²) in [4.78, 5) is 4.40. The van der Waals surface area contributed by atoms with E-state index in [2.05, 4.69) is 38.8 Å². The van der Waals surface area contributed by atoms with Crippen molar-refractivity contribution in [1.29, 1.82) is 0 Å². The summed E-state index contributed by atoms with van der Waals surface area (Å²) in [5.41, 5.74) is 1.45. The van der Waals surface area contributed by atoms with Gasteiger partial charge in [-0.3, -0.25) is 4.99 Å². The van der Waals surface area contributed by atoms with Gasteiger partial charge in [0.05, 0.1) is 0 Å². The molecule has 1 rings (SSSR count). The van der Waals surface area contributed by atoms with E-state index in [1.807, 2.05) is 6.21 Å². The van der Waals surface area contributed by atoms with E-state index in [1.54, 1.807) is 0 Å². The first kappa shape index (κ1) is 8.51. The summed E-state index contributed by atoms with van der Waals surface area (Å²) < 4.78 is 0. The van der Waals surface area contributed by atoms with E-state index in [0.29, 0.717) is 5.92 Å². The van der Waals surface area contributed by atoms with Gasteiger partial charge in [0, 0.05) is 17.3 Å². The number of rotatable bonds is 2. The van der Waals surface area contributed by atoms with Crippen LogP contribution in [-0.2, 0) is 0 Å². The molecule has 62 valence electrons. The third-order valence-electron chi connectivity index (χ3n) is 2.18. The second kappa shape index (κ2) is 2.80. The molecule has 1 aliphatic rings. The van der Waals surface area contributed by atoms with Gasteiger partial charge in [-0.25, -0.2) is 0 Å². The predicted molar refractivity (Wildman–Crippen MR) is 49.8 cm³/mol. The van der Waals surface area contributed by atoms with Crippen LogP contribution in [0.15, 0.2) is 16.8 Å². The fraction of sp³-hybridized carbons (Fsp3) is 0.700. The monoisotopic (exact) mass is 151 g/mol. The standard InChI is InChI=1S/C10H17N/c1-5-8(2)9-6-10(3,4)7-11-9/h6-8H,5H2,1-4H3. The zero-order valence-electron chi connectivity index (χ0n) is 7.89. The lowest BCUT2D eigenvalue weighted by atomic mass is 9.94. The van der Waals surface area contributed by atoms with Gasteiger partial charge in [0.25, 0.3) is 0 Å². The lowest BCUT2D eigenvalue weighted by Gasteiger charge is -2.09. The fourth-order valence-electron chi connectivity index (χ4n) is 1.18. The molecule has 1 unspecified atom stereocenters. The fourth-order valence-corrected chi connectivity index (χ4v) is 1.18. The van der Waals surface area contributed by atoms with Crippen LogP contribution in [0.5, 0.6) is 0 Å². The van der Waals surface area contributed by atoms with E-state index in [4.69, 9.17) is 0 Å². The number of hydrogen-bond donors (Lipinski definition) is 0. The Bertz CT molecular complexity index is 199. The molecule has 0 aromatic rings. The average molecular weight is 151 g/mol. The topological polar surface area (TPSA) is 12.4 Å². The largest absolute Gasteiger partial charge is 0.265 e. The summed E-state index contributed by atoms with van der Waals surface area (Å²) in [5, 5.41) is 0. The van der Waals surface area contributed by atoms with Gasteiger partial charge in [-0.1, -0.05) is 33.8 Å². The maximum Gasteiger partial charge on any atom is 0.0397 e. The average Bonchev–Trinajstić information content (AvgIpc) is 2.29. The van der Waals surface area contributed by atoms with Crippen molar-refractivity contribution in [1.82, 2.24) is 0 Å². The van der Waals surface area contributed by atoms with Crippen molar-refractivity contribution in [2.24, 2.45) is 16.3 Å². The van der Waals surface area contributed by atoms with E-state index in [-0.39, 0.29) is 5.41 Å². The summed E-state index contributed by atoms with van der Waals surface area (Å²) in [6.07, 6.45) is 5.48. The highest BCUT2D eigenvalue weighted by atomic mass is 14.8. The van der Waals surface area contributed by atoms with Crippen molar-refractivity contribution in [3.8, 4) is 0 Å². The van der Waals surface area contributed by atoms with Crippen molar-refractivity contribution in [3.63, 3.8) is 0 Å². The van der Waals surface area contributed by atoms with Crippen LogP contribution < -0.4 is 0 Å². The third-order valence-corrected chi connectivity index (χ3v) is 2.18. The molecule has 1 atom stereocenters. The molecule has 11 heavy (non-hydrogen) atoms. The van der Waals surface area contributed by atoms with Crippen LogP contribution in [0.1, 0.15) is 34.1 Å². The van der Waals surface area contributed by atoms with Crippen molar-refractivity contribution >= 4 is 6.21 Å². The summed E-state index contributed by atoms with van der Waals surface area (Å²) in [6.45, 7) is 8.80. The van der Waals surface area contributed by atoms with Gasteiger partial charge < -0.3 is 0 Å². The molecule has 1 heteroatoms. The molecule has 1 aliphatic heterocycles. The van der Waals surface area contributed by atoms with Crippen LogP contribution >= 0.6 is 0 Å². The van der Waals surface area contributed by atoms with E-state index >= 15 is 0 Å². The summed E-state index contributed by atoms with van der Waals surface area (Å²) >= 11 is 0. The zero-order valence-corrected chi connectivity index (χ0v) is 7.89. The molecular formula is C10H17N. The van der Waals surface area contributed by atoms with Gasteiger partial charge in [0.15, 0.2) is 0 Å². The van der Waals surface area contributed by atoms with E-state index in [1.165, 1.54) is 12.1 Å². The SMILES string of the molecule is CCC(C)C1=CC(C)(C)C=N1. The van der Waals surface area contributed by atoms with Crippen LogP contribution in [0.4, 0.5) is 0 Å². The highest BCUT2D eigenvalue weighted by Crippen LogP contribution is 2.28. The number of hydrogen-bond acceptors (Lipinski definition) is 1. The Morgan fingerprint density at radius 3 is 2.55 bits per heavy atom. The van der Waals surface area contributed by atoms with Crippen LogP contribution in [0.25, 0.3) is 0 Å². The molecule has 0 saturated carbocycles. The summed E-state index contributed by atoms with van der Waals surface area (Å²) in [6, 6.07) is 0. The van der Waals surface area contributed by atoms with Gasteiger partial charge in [0.2, 0.25) is 0 Å². The number of aliphatic imine (C=N–C) groups is 1. The molecule has 0 fully saturated rings. The Kier molecular flexibility index (Phi) is 2.17. The van der Waals surface area contributed by atoms with E-state index in [0.717, 1.165) is 0 Å². The maximum atomic E-state index is 4.40. The van der Waals surface area contributed by atoms with Gasteiger partial charge in [0.1, 0.15) is 0 Å². The van der Waals surface area contributed by atoms with Gasteiger partial charge >= 0.3 is 0 Å². The zero-order chi connectivity index (χ0) is 8.48. The molecule has 0 spiro atoms. The third kappa shape index (κ3) is 1.92. The molecule has 0 bridgehead atoms. The Morgan fingerprint density at radius 2 is 2.18 bits per heavy atom. The minimum atomic E-state index is 0.193. The minimum absolute atomic E-state index is 0.193. The molecule has 0 aromatic heterocycles. The van der Waals surface area contributed by atoms with Crippen molar-refractivity contribution < 1.29 is 0 Å². The molecule has 0 radical (unpaired) electrons. The second-order valence-corrected chi connectivity index (χ2v) is 3.96. The lowest BCUT2D eigenvalue weighted by Crippen LogP contribution is -2.04. The molecule has 0 aromatic carbocycles. The molecule has 0 aliphatic carbocycles. The van der Waals surface area contributed by atoms with Gasteiger partial charge in [-0.05, 0) is 12.3 Å². The summed E-state index contributed by atoms with van der Waals surface area (Å²) in [7, 11) is 0. The molecule has 0 amide bonds. The molecule has 0 saturated heterocycles.